The number of hydrogen-bond donors (Lipinski definition) is 1. The number of ether oxygens (including phenoxy) is 2. The standard InChI is InChI=1S/C16H32N2O4/c1-15(2,3)21-13(19)11-12(17)9-8-10-18(7)14(20)22-16(4,5)6/h12H,8-11,17H2,1-7H3. The quantitative estimate of drug-likeness (QED) is 0.762. The van der Waals surface area contributed by atoms with Crippen LogP contribution in [0.4, 0.5) is 4.79 Å². The minimum atomic E-state index is -0.502. The van der Waals surface area contributed by atoms with E-state index in [1.54, 1.807) is 7.05 Å². The van der Waals surface area contributed by atoms with Gasteiger partial charge in [0, 0.05) is 19.6 Å². The summed E-state index contributed by atoms with van der Waals surface area (Å²) in [6.07, 6.45) is 1.19. The van der Waals surface area contributed by atoms with Gasteiger partial charge in [-0.3, -0.25) is 4.79 Å². The van der Waals surface area contributed by atoms with Crippen LogP contribution >= 0.6 is 0 Å². The number of amides is 1. The first kappa shape index (κ1) is 20.7. The fourth-order valence-corrected chi connectivity index (χ4v) is 1.72. The number of carbonyl (C=O) groups is 2. The van der Waals surface area contributed by atoms with Crippen molar-refractivity contribution in [1.82, 2.24) is 4.90 Å². The van der Waals surface area contributed by atoms with Gasteiger partial charge in [-0.2, -0.15) is 0 Å². The number of esters is 1. The van der Waals surface area contributed by atoms with Crippen molar-refractivity contribution in [3.8, 4) is 0 Å². The molecule has 0 fully saturated rings. The molecule has 0 aliphatic rings. The molecule has 130 valence electrons. The minimum absolute atomic E-state index is 0.188. The lowest BCUT2D eigenvalue weighted by molar-refractivity contribution is -0.155. The van der Waals surface area contributed by atoms with E-state index in [9.17, 15) is 9.59 Å². The molecular formula is C16H32N2O4. The average Bonchev–Trinajstić information content (AvgIpc) is 2.23. The third-order valence-corrected chi connectivity index (χ3v) is 2.62. The number of nitrogens with two attached hydrogens (primary N) is 1. The molecule has 0 aliphatic heterocycles. The predicted molar refractivity (Wildman–Crippen MR) is 86.5 cm³/mol. The first-order valence-corrected chi connectivity index (χ1v) is 7.72. The van der Waals surface area contributed by atoms with Gasteiger partial charge in [-0.15, -0.1) is 0 Å². The number of carbonyl (C=O) groups excluding carboxylic acids is 2. The first-order valence-electron chi connectivity index (χ1n) is 7.72. The summed E-state index contributed by atoms with van der Waals surface area (Å²) in [5.74, 6) is -0.291. The monoisotopic (exact) mass is 316 g/mol. The summed E-state index contributed by atoms with van der Waals surface area (Å²) in [5, 5.41) is 0. The SMILES string of the molecule is CN(CCCC(N)CC(=O)OC(C)(C)C)C(=O)OC(C)(C)C. The third-order valence-electron chi connectivity index (χ3n) is 2.62. The molecule has 0 aromatic carbocycles. The molecule has 0 radical (unpaired) electrons. The second-order valence-corrected chi connectivity index (χ2v) is 7.59. The Balaban J connectivity index is 3.99. The zero-order chi connectivity index (χ0) is 17.6. The Kier molecular flexibility index (Phi) is 7.87. The van der Waals surface area contributed by atoms with Gasteiger partial charge in [0.25, 0.3) is 0 Å². The molecule has 0 heterocycles. The maximum absolute atomic E-state index is 11.8. The molecule has 0 aromatic rings. The van der Waals surface area contributed by atoms with E-state index in [-0.39, 0.29) is 24.5 Å². The molecule has 0 bridgehead atoms. The lowest BCUT2D eigenvalue weighted by Crippen LogP contribution is -2.35. The van der Waals surface area contributed by atoms with Crippen LogP contribution in [0, 0.1) is 0 Å². The Morgan fingerprint density at radius 1 is 1.05 bits per heavy atom. The van der Waals surface area contributed by atoms with E-state index in [0.717, 1.165) is 0 Å². The van der Waals surface area contributed by atoms with E-state index in [2.05, 4.69) is 0 Å². The second-order valence-electron chi connectivity index (χ2n) is 7.59. The summed E-state index contributed by atoms with van der Waals surface area (Å²) in [6.45, 7) is 11.5. The molecule has 6 heteroatoms. The van der Waals surface area contributed by atoms with Crippen LogP contribution < -0.4 is 5.73 Å². The number of hydrogen-bond acceptors (Lipinski definition) is 5. The van der Waals surface area contributed by atoms with Crippen molar-refractivity contribution in [2.45, 2.75) is 78.0 Å². The molecule has 2 N–H and O–H groups in total. The summed E-state index contributed by atoms with van der Waals surface area (Å²) in [5.41, 5.74) is 4.93. The summed E-state index contributed by atoms with van der Waals surface area (Å²) in [4.78, 5) is 24.9. The molecular weight excluding hydrogens is 284 g/mol. The molecule has 0 rings (SSSR count). The van der Waals surface area contributed by atoms with Crippen LogP contribution in [0.25, 0.3) is 0 Å². The Labute approximate surface area is 134 Å². The zero-order valence-electron chi connectivity index (χ0n) is 15.1. The minimum Gasteiger partial charge on any atom is -0.460 e. The van der Waals surface area contributed by atoms with E-state index in [1.165, 1.54) is 4.90 Å². The summed E-state index contributed by atoms with van der Waals surface area (Å²) in [6, 6.07) is -0.262. The van der Waals surface area contributed by atoms with E-state index >= 15 is 0 Å². The molecule has 0 spiro atoms. The smallest absolute Gasteiger partial charge is 0.410 e. The highest BCUT2D eigenvalue weighted by Crippen LogP contribution is 2.12. The van der Waals surface area contributed by atoms with Gasteiger partial charge in [0.05, 0.1) is 6.42 Å². The van der Waals surface area contributed by atoms with Gasteiger partial charge in [-0.1, -0.05) is 0 Å². The Morgan fingerprint density at radius 2 is 1.55 bits per heavy atom. The molecule has 1 unspecified atom stereocenters. The zero-order valence-corrected chi connectivity index (χ0v) is 15.1. The van der Waals surface area contributed by atoms with Gasteiger partial charge in [0.1, 0.15) is 11.2 Å². The lowest BCUT2D eigenvalue weighted by Gasteiger charge is -2.25. The van der Waals surface area contributed by atoms with Gasteiger partial charge < -0.3 is 20.1 Å². The molecule has 0 saturated carbocycles. The topological polar surface area (TPSA) is 81.9 Å². The van der Waals surface area contributed by atoms with Crippen molar-refractivity contribution in [3.05, 3.63) is 0 Å². The van der Waals surface area contributed by atoms with Crippen molar-refractivity contribution in [2.75, 3.05) is 13.6 Å². The molecule has 1 atom stereocenters. The highest BCUT2D eigenvalue weighted by molar-refractivity contribution is 5.70. The molecule has 0 saturated heterocycles. The predicted octanol–water partition coefficient (Wildman–Crippen LogP) is 2.69. The maximum atomic E-state index is 11.8. The van der Waals surface area contributed by atoms with Crippen molar-refractivity contribution in [2.24, 2.45) is 5.73 Å². The van der Waals surface area contributed by atoms with Crippen LogP contribution in [0.5, 0.6) is 0 Å². The molecule has 0 aliphatic carbocycles. The van der Waals surface area contributed by atoms with E-state index in [0.29, 0.717) is 19.4 Å². The number of rotatable bonds is 6. The van der Waals surface area contributed by atoms with Gasteiger partial charge in [-0.25, -0.2) is 4.79 Å². The van der Waals surface area contributed by atoms with E-state index in [4.69, 9.17) is 15.2 Å². The molecule has 22 heavy (non-hydrogen) atoms. The molecule has 0 aromatic heterocycles. The Bertz CT molecular complexity index is 369. The van der Waals surface area contributed by atoms with Crippen LogP contribution in [0.1, 0.15) is 60.8 Å². The first-order chi connectivity index (χ1) is 9.80. The largest absolute Gasteiger partial charge is 0.460 e. The highest BCUT2D eigenvalue weighted by Gasteiger charge is 2.21. The fourth-order valence-electron chi connectivity index (χ4n) is 1.72. The van der Waals surface area contributed by atoms with Crippen molar-refractivity contribution in [3.63, 3.8) is 0 Å². The van der Waals surface area contributed by atoms with Crippen molar-refractivity contribution < 1.29 is 19.1 Å². The van der Waals surface area contributed by atoms with Crippen LogP contribution in [0.2, 0.25) is 0 Å². The fraction of sp³-hybridized carbons (Fsp3) is 0.875. The molecule has 1 amide bonds. The summed E-state index contributed by atoms with van der Waals surface area (Å²) >= 11 is 0. The summed E-state index contributed by atoms with van der Waals surface area (Å²) in [7, 11) is 1.69. The van der Waals surface area contributed by atoms with Gasteiger partial charge >= 0.3 is 12.1 Å². The average molecular weight is 316 g/mol. The van der Waals surface area contributed by atoms with Gasteiger partial charge in [0.15, 0.2) is 0 Å². The normalized spacial score (nSPS) is 13.5. The maximum Gasteiger partial charge on any atom is 0.410 e. The Morgan fingerprint density at radius 3 is 2.00 bits per heavy atom. The van der Waals surface area contributed by atoms with Crippen molar-refractivity contribution in [1.29, 1.82) is 0 Å². The van der Waals surface area contributed by atoms with Crippen LogP contribution in [0.3, 0.4) is 0 Å². The third kappa shape index (κ3) is 11.4. The lowest BCUT2D eigenvalue weighted by atomic mass is 10.1. The highest BCUT2D eigenvalue weighted by atomic mass is 16.6. The van der Waals surface area contributed by atoms with Gasteiger partial charge in [-0.05, 0) is 54.4 Å². The van der Waals surface area contributed by atoms with E-state index < -0.39 is 11.2 Å². The van der Waals surface area contributed by atoms with E-state index in [1.807, 2.05) is 41.5 Å². The number of nitrogens with zero attached hydrogens (tertiary/aromatic N) is 1. The van der Waals surface area contributed by atoms with Gasteiger partial charge in [0.2, 0.25) is 0 Å². The van der Waals surface area contributed by atoms with Crippen LogP contribution in [-0.2, 0) is 14.3 Å². The Hall–Kier alpha value is -1.30. The van der Waals surface area contributed by atoms with Crippen molar-refractivity contribution >= 4 is 12.1 Å². The van der Waals surface area contributed by atoms with Crippen LogP contribution in [-0.4, -0.2) is 47.8 Å². The second kappa shape index (κ2) is 8.36. The summed E-state index contributed by atoms with van der Waals surface area (Å²) < 4.78 is 10.5. The van der Waals surface area contributed by atoms with Crippen LogP contribution in [0.15, 0.2) is 0 Å². The molecule has 6 nitrogen and oxygen atoms in total.